The van der Waals surface area contributed by atoms with E-state index in [9.17, 15) is 0 Å². The standard InChI is InChI=1S/C18H24N8/c1-12(2)25-11-22-23-16(25)13-4-3-7-24(8-13)17-15-18(20-9-19-17)26(10-21-15)14-5-6-14/h9-14H,3-8H2,1-2H3. The van der Waals surface area contributed by atoms with Crippen molar-refractivity contribution in [2.75, 3.05) is 18.0 Å². The van der Waals surface area contributed by atoms with Gasteiger partial charge in [-0.05, 0) is 39.5 Å². The molecule has 136 valence electrons. The van der Waals surface area contributed by atoms with Gasteiger partial charge in [-0.15, -0.1) is 10.2 Å². The van der Waals surface area contributed by atoms with Crippen molar-refractivity contribution >= 4 is 17.0 Å². The summed E-state index contributed by atoms with van der Waals surface area (Å²) >= 11 is 0. The van der Waals surface area contributed by atoms with Gasteiger partial charge in [0.15, 0.2) is 17.0 Å². The van der Waals surface area contributed by atoms with Crippen LogP contribution in [-0.4, -0.2) is 47.4 Å². The first-order chi connectivity index (χ1) is 12.7. The summed E-state index contributed by atoms with van der Waals surface area (Å²) in [5, 5.41) is 8.57. The maximum absolute atomic E-state index is 4.65. The van der Waals surface area contributed by atoms with Crippen molar-refractivity contribution in [2.24, 2.45) is 0 Å². The van der Waals surface area contributed by atoms with Gasteiger partial charge in [0.05, 0.1) is 6.33 Å². The first kappa shape index (κ1) is 15.7. The Kier molecular flexibility index (Phi) is 3.65. The second-order valence-electron chi connectivity index (χ2n) is 7.73. The summed E-state index contributed by atoms with van der Waals surface area (Å²) in [6, 6.07) is 0.942. The van der Waals surface area contributed by atoms with Crippen LogP contribution in [0.2, 0.25) is 0 Å². The lowest BCUT2D eigenvalue weighted by molar-refractivity contribution is 0.453. The van der Waals surface area contributed by atoms with Crippen LogP contribution in [-0.2, 0) is 0 Å². The predicted molar refractivity (Wildman–Crippen MR) is 98.2 cm³/mol. The van der Waals surface area contributed by atoms with E-state index in [0.29, 0.717) is 18.0 Å². The van der Waals surface area contributed by atoms with E-state index in [1.165, 1.54) is 12.8 Å². The summed E-state index contributed by atoms with van der Waals surface area (Å²) in [5.41, 5.74) is 1.88. The zero-order valence-corrected chi connectivity index (χ0v) is 15.3. The Balaban J connectivity index is 1.47. The molecule has 2 aliphatic rings. The summed E-state index contributed by atoms with van der Waals surface area (Å²) in [5.74, 6) is 2.40. The summed E-state index contributed by atoms with van der Waals surface area (Å²) in [6.07, 6.45) is 10.1. The van der Waals surface area contributed by atoms with Crippen molar-refractivity contribution in [2.45, 2.75) is 57.5 Å². The Morgan fingerprint density at radius 2 is 1.96 bits per heavy atom. The summed E-state index contributed by atoms with van der Waals surface area (Å²) in [6.45, 7) is 6.24. The van der Waals surface area contributed by atoms with Gasteiger partial charge in [0.25, 0.3) is 0 Å². The van der Waals surface area contributed by atoms with Crippen LogP contribution in [0.4, 0.5) is 5.82 Å². The summed E-state index contributed by atoms with van der Waals surface area (Å²) < 4.78 is 4.39. The van der Waals surface area contributed by atoms with Gasteiger partial charge < -0.3 is 14.0 Å². The lowest BCUT2D eigenvalue weighted by atomic mass is 9.97. The number of aromatic nitrogens is 7. The van der Waals surface area contributed by atoms with Crippen molar-refractivity contribution in [3.63, 3.8) is 0 Å². The number of piperidine rings is 1. The molecule has 0 spiro atoms. The number of fused-ring (bicyclic) bond motifs is 1. The molecule has 0 amide bonds. The maximum Gasteiger partial charge on any atom is 0.165 e. The van der Waals surface area contributed by atoms with E-state index in [0.717, 1.165) is 48.7 Å². The lowest BCUT2D eigenvalue weighted by Crippen LogP contribution is -2.36. The third-order valence-electron chi connectivity index (χ3n) is 5.52. The van der Waals surface area contributed by atoms with E-state index in [-0.39, 0.29) is 0 Å². The van der Waals surface area contributed by atoms with Crippen molar-refractivity contribution in [1.29, 1.82) is 0 Å². The molecule has 1 aliphatic carbocycles. The molecule has 4 heterocycles. The number of rotatable bonds is 4. The molecule has 1 saturated carbocycles. The number of nitrogens with zero attached hydrogens (tertiary/aromatic N) is 8. The summed E-state index contributed by atoms with van der Waals surface area (Å²) in [4.78, 5) is 16.1. The van der Waals surface area contributed by atoms with Gasteiger partial charge in [0.2, 0.25) is 0 Å². The Hall–Kier alpha value is -2.51. The van der Waals surface area contributed by atoms with Gasteiger partial charge in [-0.25, -0.2) is 15.0 Å². The molecule has 8 heteroatoms. The van der Waals surface area contributed by atoms with Gasteiger partial charge in [-0.1, -0.05) is 0 Å². The smallest absolute Gasteiger partial charge is 0.165 e. The van der Waals surface area contributed by atoms with E-state index in [4.69, 9.17) is 0 Å². The van der Waals surface area contributed by atoms with Gasteiger partial charge >= 0.3 is 0 Å². The number of imidazole rings is 1. The molecule has 0 radical (unpaired) electrons. The number of anilines is 1. The van der Waals surface area contributed by atoms with Crippen molar-refractivity contribution < 1.29 is 0 Å². The molecule has 0 N–H and O–H groups in total. The fourth-order valence-corrected chi connectivity index (χ4v) is 4.01. The SMILES string of the molecule is CC(C)n1cnnc1C1CCCN(c2ncnc3c2ncn3C2CC2)C1. The van der Waals surface area contributed by atoms with E-state index in [1.54, 1.807) is 6.33 Å². The topological polar surface area (TPSA) is 77.6 Å². The summed E-state index contributed by atoms with van der Waals surface area (Å²) in [7, 11) is 0. The minimum absolute atomic E-state index is 0.365. The third-order valence-corrected chi connectivity index (χ3v) is 5.52. The second-order valence-corrected chi connectivity index (χ2v) is 7.73. The molecule has 1 saturated heterocycles. The van der Waals surface area contributed by atoms with Crippen molar-refractivity contribution in [3.8, 4) is 0 Å². The Labute approximate surface area is 152 Å². The second kappa shape index (κ2) is 6.03. The molecular formula is C18H24N8. The number of hydrogen-bond donors (Lipinski definition) is 0. The molecule has 8 nitrogen and oxygen atoms in total. The molecule has 1 aliphatic heterocycles. The van der Waals surface area contributed by atoms with Crippen LogP contribution in [0.15, 0.2) is 19.0 Å². The minimum atomic E-state index is 0.365. The molecule has 26 heavy (non-hydrogen) atoms. The molecule has 2 fully saturated rings. The highest BCUT2D eigenvalue weighted by Gasteiger charge is 2.30. The van der Waals surface area contributed by atoms with Crippen LogP contribution in [0.25, 0.3) is 11.2 Å². The normalized spacial score (nSPS) is 21.0. The quantitative estimate of drug-likeness (QED) is 0.718. The van der Waals surface area contributed by atoms with Gasteiger partial charge in [0.1, 0.15) is 18.5 Å². The zero-order valence-electron chi connectivity index (χ0n) is 15.3. The molecular weight excluding hydrogens is 328 g/mol. The Bertz CT molecular complexity index is 922. The van der Waals surface area contributed by atoms with E-state index >= 15 is 0 Å². The average Bonchev–Trinajstić information content (AvgIpc) is 3.21. The van der Waals surface area contributed by atoms with Gasteiger partial charge in [0, 0.05) is 31.1 Å². The third kappa shape index (κ3) is 2.55. The lowest BCUT2D eigenvalue weighted by Gasteiger charge is -2.33. The first-order valence-corrected chi connectivity index (χ1v) is 9.54. The van der Waals surface area contributed by atoms with E-state index in [1.807, 2.05) is 12.7 Å². The van der Waals surface area contributed by atoms with Crippen molar-refractivity contribution in [1.82, 2.24) is 34.3 Å². The van der Waals surface area contributed by atoms with E-state index in [2.05, 4.69) is 53.0 Å². The fraction of sp³-hybridized carbons (Fsp3) is 0.611. The fourth-order valence-electron chi connectivity index (χ4n) is 4.01. The molecule has 3 aromatic rings. The van der Waals surface area contributed by atoms with Crippen LogP contribution in [0.1, 0.15) is 63.4 Å². The zero-order chi connectivity index (χ0) is 17.7. The molecule has 1 atom stereocenters. The van der Waals surface area contributed by atoms with Crippen LogP contribution in [0, 0.1) is 0 Å². The molecule has 3 aromatic heterocycles. The Morgan fingerprint density at radius 1 is 1.08 bits per heavy atom. The van der Waals surface area contributed by atoms with Gasteiger partial charge in [-0.3, -0.25) is 0 Å². The largest absolute Gasteiger partial charge is 0.354 e. The highest BCUT2D eigenvalue weighted by atomic mass is 15.3. The van der Waals surface area contributed by atoms with Crippen molar-refractivity contribution in [3.05, 3.63) is 24.8 Å². The maximum atomic E-state index is 4.65. The predicted octanol–water partition coefficient (Wildman–Crippen LogP) is 2.72. The molecule has 1 unspecified atom stereocenters. The van der Waals surface area contributed by atoms with Crippen LogP contribution < -0.4 is 4.90 Å². The highest BCUT2D eigenvalue weighted by Crippen LogP contribution is 2.38. The average molecular weight is 352 g/mol. The molecule has 0 bridgehead atoms. The Morgan fingerprint density at radius 3 is 2.77 bits per heavy atom. The van der Waals surface area contributed by atoms with Gasteiger partial charge in [-0.2, -0.15) is 0 Å². The van der Waals surface area contributed by atoms with Crippen LogP contribution in [0.5, 0.6) is 0 Å². The minimum Gasteiger partial charge on any atom is -0.354 e. The monoisotopic (exact) mass is 352 g/mol. The molecule has 5 rings (SSSR count). The number of hydrogen-bond acceptors (Lipinski definition) is 6. The highest BCUT2D eigenvalue weighted by molar-refractivity contribution is 5.83. The molecule has 0 aromatic carbocycles. The van der Waals surface area contributed by atoms with Crippen LogP contribution >= 0.6 is 0 Å². The van der Waals surface area contributed by atoms with Crippen LogP contribution in [0.3, 0.4) is 0 Å². The van der Waals surface area contributed by atoms with E-state index < -0.39 is 0 Å². The first-order valence-electron chi connectivity index (χ1n) is 9.54.